The molecule has 0 unspecified atom stereocenters. The summed E-state index contributed by atoms with van der Waals surface area (Å²) in [7, 11) is 0. The molecule has 0 atom stereocenters. The number of rotatable bonds is 7. The maximum Gasteiger partial charge on any atom is 0.263 e. The smallest absolute Gasteiger partial charge is 0.263 e. The number of carbonyl (C=O) groups is 1. The third kappa shape index (κ3) is 5.46. The molecule has 0 aliphatic rings. The maximum absolute atomic E-state index is 11.9. The molecule has 3 aromatic rings. The minimum atomic E-state index is -0.320. The minimum absolute atomic E-state index is 0.128. The highest BCUT2D eigenvalue weighted by atomic mass is 35.5. The van der Waals surface area contributed by atoms with E-state index in [2.05, 4.69) is 20.8 Å². The Kier molecular flexibility index (Phi) is 6.01. The van der Waals surface area contributed by atoms with E-state index in [1.54, 1.807) is 36.4 Å². The van der Waals surface area contributed by atoms with Gasteiger partial charge in [0.1, 0.15) is 11.6 Å². The molecule has 2 aromatic carbocycles. The zero-order valence-electron chi connectivity index (χ0n) is 13.9. The van der Waals surface area contributed by atoms with Crippen molar-refractivity contribution in [1.82, 2.24) is 10.2 Å². The Bertz CT molecular complexity index is 840. The van der Waals surface area contributed by atoms with Crippen molar-refractivity contribution in [3.8, 4) is 5.75 Å². The van der Waals surface area contributed by atoms with Crippen LogP contribution in [0.2, 0.25) is 5.02 Å². The predicted molar refractivity (Wildman–Crippen MR) is 101 cm³/mol. The summed E-state index contributed by atoms with van der Waals surface area (Å²) in [6.45, 7) is 0.521. The van der Waals surface area contributed by atoms with Crippen LogP contribution >= 0.6 is 11.6 Å². The second-order valence-electron chi connectivity index (χ2n) is 5.43. The van der Waals surface area contributed by atoms with Gasteiger partial charge in [-0.2, -0.15) is 0 Å². The normalized spacial score (nSPS) is 10.2. The zero-order valence-corrected chi connectivity index (χ0v) is 14.6. The van der Waals surface area contributed by atoms with E-state index in [9.17, 15) is 4.79 Å². The Labute approximate surface area is 156 Å². The Morgan fingerprint density at radius 1 is 0.923 bits per heavy atom. The number of aromatic nitrogens is 2. The molecule has 132 valence electrons. The molecule has 0 spiro atoms. The van der Waals surface area contributed by atoms with Gasteiger partial charge in [0.25, 0.3) is 5.91 Å². The van der Waals surface area contributed by atoms with Gasteiger partial charge < -0.3 is 15.4 Å². The van der Waals surface area contributed by atoms with Crippen LogP contribution in [0.4, 0.5) is 11.6 Å². The highest BCUT2D eigenvalue weighted by Crippen LogP contribution is 2.15. The molecule has 0 aliphatic carbocycles. The number of anilines is 2. The fraction of sp³-hybridized carbons (Fsp3) is 0.105. The molecule has 2 N–H and O–H groups in total. The number of nitrogens with zero attached hydrogens (tertiary/aromatic N) is 2. The van der Waals surface area contributed by atoms with Crippen LogP contribution in [0.3, 0.4) is 0 Å². The van der Waals surface area contributed by atoms with Gasteiger partial charge in [-0.3, -0.25) is 4.79 Å². The second-order valence-corrected chi connectivity index (χ2v) is 5.87. The highest BCUT2D eigenvalue weighted by molar-refractivity contribution is 6.30. The third-order valence-electron chi connectivity index (χ3n) is 3.43. The van der Waals surface area contributed by atoms with Crippen molar-refractivity contribution in [2.75, 3.05) is 17.2 Å². The van der Waals surface area contributed by atoms with Gasteiger partial charge in [-0.25, -0.2) is 0 Å². The summed E-state index contributed by atoms with van der Waals surface area (Å²) in [5, 5.41) is 14.4. The first-order valence-electron chi connectivity index (χ1n) is 7.99. The van der Waals surface area contributed by atoms with Crippen LogP contribution in [-0.4, -0.2) is 22.7 Å². The first kappa shape index (κ1) is 17.7. The van der Waals surface area contributed by atoms with Crippen LogP contribution < -0.4 is 15.4 Å². The molecule has 0 bridgehead atoms. The standard InChI is InChI=1S/C19H17ClN4O2/c20-15-6-8-16(9-7-15)26-13-19(25)22-18-11-10-17(23-24-18)21-12-14-4-2-1-3-5-14/h1-11H,12-13H2,(H,21,23)(H,22,24,25). The predicted octanol–water partition coefficient (Wildman–Crippen LogP) is 3.76. The van der Waals surface area contributed by atoms with Gasteiger partial charge in [-0.15, -0.1) is 10.2 Å². The van der Waals surface area contributed by atoms with E-state index in [1.165, 1.54) is 0 Å². The number of hydrogen-bond donors (Lipinski definition) is 2. The number of hydrogen-bond acceptors (Lipinski definition) is 5. The van der Waals surface area contributed by atoms with Crippen molar-refractivity contribution in [2.45, 2.75) is 6.54 Å². The van der Waals surface area contributed by atoms with Crippen molar-refractivity contribution in [3.05, 3.63) is 77.3 Å². The Morgan fingerprint density at radius 3 is 2.31 bits per heavy atom. The lowest BCUT2D eigenvalue weighted by Gasteiger charge is -2.08. The van der Waals surface area contributed by atoms with Gasteiger partial charge in [0.2, 0.25) is 0 Å². The van der Waals surface area contributed by atoms with Crippen molar-refractivity contribution >= 4 is 29.1 Å². The first-order valence-corrected chi connectivity index (χ1v) is 8.36. The molecular formula is C19H17ClN4O2. The topological polar surface area (TPSA) is 76.1 Å². The van der Waals surface area contributed by atoms with Crippen LogP contribution in [-0.2, 0) is 11.3 Å². The van der Waals surface area contributed by atoms with E-state index in [-0.39, 0.29) is 12.5 Å². The molecule has 0 saturated carbocycles. The molecule has 1 heterocycles. The van der Waals surface area contributed by atoms with Crippen LogP contribution in [0.1, 0.15) is 5.56 Å². The quantitative estimate of drug-likeness (QED) is 0.664. The lowest BCUT2D eigenvalue weighted by molar-refractivity contribution is -0.118. The number of carbonyl (C=O) groups excluding carboxylic acids is 1. The number of halogens is 1. The van der Waals surface area contributed by atoms with Crippen molar-refractivity contribution in [3.63, 3.8) is 0 Å². The lowest BCUT2D eigenvalue weighted by atomic mass is 10.2. The van der Waals surface area contributed by atoms with Gasteiger partial charge in [0.15, 0.2) is 12.4 Å². The van der Waals surface area contributed by atoms with Crippen LogP contribution in [0, 0.1) is 0 Å². The van der Waals surface area contributed by atoms with E-state index in [4.69, 9.17) is 16.3 Å². The van der Waals surface area contributed by atoms with Gasteiger partial charge in [-0.05, 0) is 42.0 Å². The molecule has 6 nitrogen and oxygen atoms in total. The number of benzene rings is 2. The van der Waals surface area contributed by atoms with Gasteiger partial charge in [0.05, 0.1) is 0 Å². The van der Waals surface area contributed by atoms with Gasteiger partial charge >= 0.3 is 0 Å². The summed E-state index contributed by atoms with van der Waals surface area (Å²) in [5.41, 5.74) is 1.14. The second kappa shape index (κ2) is 8.82. The molecule has 1 amide bonds. The maximum atomic E-state index is 11.9. The third-order valence-corrected chi connectivity index (χ3v) is 3.68. The summed E-state index contributed by atoms with van der Waals surface area (Å²) in [5.74, 6) is 1.24. The molecular weight excluding hydrogens is 352 g/mol. The fourth-order valence-electron chi connectivity index (χ4n) is 2.14. The van der Waals surface area contributed by atoms with Crippen LogP contribution in [0.5, 0.6) is 5.75 Å². The van der Waals surface area contributed by atoms with E-state index in [0.717, 1.165) is 5.56 Å². The van der Waals surface area contributed by atoms with Gasteiger partial charge in [-0.1, -0.05) is 41.9 Å². The van der Waals surface area contributed by atoms with E-state index in [1.807, 2.05) is 30.3 Å². The summed E-state index contributed by atoms with van der Waals surface area (Å²) < 4.78 is 5.38. The molecule has 0 aliphatic heterocycles. The summed E-state index contributed by atoms with van der Waals surface area (Å²) in [6, 6.07) is 20.2. The molecule has 3 rings (SSSR count). The van der Waals surface area contributed by atoms with Crippen molar-refractivity contribution in [1.29, 1.82) is 0 Å². The van der Waals surface area contributed by atoms with Gasteiger partial charge in [0, 0.05) is 11.6 Å². The van der Waals surface area contributed by atoms with E-state index < -0.39 is 0 Å². The number of ether oxygens (including phenoxy) is 1. The monoisotopic (exact) mass is 368 g/mol. The van der Waals surface area contributed by atoms with Crippen LogP contribution in [0.25, 0.3) is 0 Å². The largest absolute Gasteiger partial charge is 0.484 e. The molecule has 0 radical (unpaired) electrons. The minimum Gasteiger partial charge on any atom is -0.484 e. The lowest BCUT2D eigenvalue weighted by Crippen LogP contribution is -2.21. The summed E-state index contributed by atoms with van der Waals surface area (Å²) in [4.78, 5) is 11.9. The zero-order chi connectivity index (χ0) is 18.2. The molecule has 1 aromatic heterocycles. The molecule has 7 heteroatoms. The average molecular weight is 369 g/mol. The Morgan fingerprint density at radius 2 is 1.62 bits per heavy atom. The molecule has 0 fully saturated rings. The van der Waals surface area contributed by atoms with Crippen molar-refractivity contribution in [2.24, 2.45) is 0 Å². The average Bonchev–Trinajstić information content (AvgIpc) is 2.68. The number of nitrogens with one attached hydrogen (secondary N) is 2. The fourth-order valence-corrected chi connectivity index (χ4v) is 2.27. The van der Waals surface area contributed by atoms with E-state index >= 15 is 0 Å². The Hall–Kier alpha value is -3.12. The highest BCUT2D eigenvalue weighted by Gasteiger charge is 2.06. The SMILES string of the molecule is O=C(COc1ccc(Cl)cc1)Nc1ccc(NCc2ccccc2)nn1. The molecule has 0 saturated heterocycles. The first-order chi connectivity index (χ1) is 12.7. The summed E-state index contributed by atoms with van der Waals surface area (Å²) in [6.07, 6.45) is 0. The summed E-state index contributed by atoms with van der Waals surface area (Å²) >= 11 is 5.80. The van der Waals surface area contributed by atoms with Crippen molar-refractivity contribution < 1.29 is 9.53 Å². The molecule has 26 heavy (non-hydrogen) atoms. The van der Waals surface area contributed by atoms with Crippen LogP contribution in [0.15, 0.2) is 66.7 Å². The number of amides is 1. The van der Waals surface area contributed by atoms with E-state index in [0.29, 0.717) is 29.0 Å². The Balaban J connectivity index is 1.45.